The Labute approximate surface area is 687 Å². The number of methoxy groups -OCH3 is 1. The summed E-state index contributed by atoms with van der Waals surface area (Å²) in [5, 5.41) is 22.7. The monoisotopic (exact) mass is 1640 g/mol. The fraction of sp³-hybridized carbons (Fsp3) is 0.837. The molecule has 14 atom stereocenters. The second-order valence-electron chi connectivity index (χ2n) is 37.9. The summed E-state index contributed by atoms with van der Waals surface area (Å²) in [5.41, 5.74) is -11.7. The molecule has 15 rings (SSSR count). The van der Waals surface area contributed by atoms with E-state index in [2.05, 4.69) is 37.2 Å². The lowest BCUT2D eigenvalue weighted by Gasteiger charge is -2.51. The van der Waals surface area contributed by atoms with E-state index in [1.54, 1.807) is 0 Å². The number of nitrogens with one attached hydrogen (secondary N) is 7. The highest BCUT2D eigenvalue weighted by atomic mass is 16.8. The predicted molar refractivity (Wildman–Crippen MR) is 416 cm³/mol. The van der Waals surface area contributed by atoms with E-state index in [-0.39, 0.29) is 272 Å². The molecular weight excluding hydrogens is 1510 g/mol. The largest absolute Gasteiger partial charge is 0.467 e. The van der Waals surface area contributed by atoms with Gasteiger partial charge in [-0.2, -0.15) is 0 Å². The van der Waals surface area contributed by atoms with E-state index < -0.39 is 127 Å². The summed E-state index contributed by atoms with van der Waals surface area (Å²) < 4.78 is 103. The van der Waals surface area contributed by atoms with Gasteiger partial charge in [0, 0.05) is 89.9 Å². The zero-order valence-corrected chi connectivity index (χ0v) is 71.3. The van der Waals surface area contributed by atoms with Crippen LogP contribution in [0.15, 0.2) is 30.3 Å². The number of hydrogen-bond acceptors (Lipinski definition) is 24. The van der Waals surface area contributed by atoms with Gasteiger partial charge in [-0.15, -0.1) is 0 Å². The molecule has 7 aliphatic heterocycles. The fourth-order valence-electron chi connectivity index (χ4n) is 21.3. The molecule has 7 aliphatic carbocycles. The number of esters is 1. The Balaban J connectivity index is 0.772. The van der Waals surface area contributed by atoms with Gasteiger partial charge in [0.05, 0.1) is 92.6 Å². The highest BCUT2D eigenvalue weighted by molar-refractivity contribution is 6.03. The minimum Gasteiger partial charge on any atom is -0.467 e. The standard InChI is InChI=1S/C86H129N7O24/c1-50-51(2)105-80(104-50)35-21-73(22-36-80,65(94)88-75(25-39-82(40-26-75)108-54(5)55(6)109-82)67(96)90-77(29-43-84(44-30-77)112-58(9)59(10)113-84)69(98)92-79(71(100)102-15)33-47-86(48-34-79)116-62(13)63(14)117-86)87-66(95)74(23-37-81(38-24-74)106-52(3)53(4)107-81)89-68(97)76(27-41-83(42-28-76)110-56(7)57(8)111-83)91-70(99)78(93-72(101)103-49-64-19-17-16-18-20-64)31-45-85(46-32-78)114-60(11)61(12)115-85/h16-20,50-63H,21-49H2,1-15H3,(H,87,95)(H,88,94)(H,89,97)(H,90,96)(H,91,99)(H,92,98)(H,93,101)/t50-,51-,52-,53-,54-,55-,56-,57-,58-,59-,60-,61-,62-,63-/m1/s1. The molecule has 1 aromatic rings. The highest BCUT2D eigenvalue weighted by Crippen LogP contribution is 2.54. The second-order valence-corrected chi connectivity index (χ2v) is 37.9. The van der Waals surface area contributed by atoms with Gasteiger partial charge in [-0.05, 0) is 192 Å². The Morgan fingerprint density at radius 1 is 0.256 bits per heavy atom. The first-order chi connectivity index (χ1) is 55.2. The van der Waals surface area contributed by atoms with Crippen LogP contribution in [0.5, 0.6) is 0 Å². The maximum atomic E-state index is 17.0. The van der Waals surface area contributed by atoms with Crippen LogP contribution in [0.1, 0.15) is 282 Å². The molecule has 7 amide bonds. The van der Waals surface area contributed by atoms with E-state index >= 15 is 28.8 Å². The summed E-state index contributed by atoms with van der Waals surface area (Å²) in [4.78, 5) is 128. The lowest BCUT2D eigenvalue weighted by molar-refractivity contribution is -0.209. The first-order valence-corrected chi connectivity index (χ1v) is 43.7. The van der Waals surface area contributed by atoms with Crippen molar-refractivity contribution in [2.75, 3.05) is 7.11 Å². The van der Waals surface area contributed by atoms with Crippen LogP contribution in [0.3, 0.4) is 0 Å². The van der Waals surface area contributed by atoms with Crippen molar-refractivity contribution >= 4 is 47.5 Å². The Bertz CT molecular complexity index is 3780. The van der Waals surface area contributed by atoms with Crippen molar-refractivity contribution in [3.63, 3.8) is 0 Å². The molecule has 652 valence electrons. The van der Waals surface area contributed by atoms with Gasteiger partial charge in [-0.25, -0.2) is 9.59 Å². The number of hydrogen-bond donors (Lipinski definition) is 7. The Morgan fingerprint density at radius 2 is 0.419 bits per heavy atom. The van der Waals surface area contributed by atoms with E-state index in [9.17, 15) is 9.59 Å². The van der Waals surface area contributed by atoms with Crippen LogP contribution in [0, 0.1) is 0 Å². The van der Waals surface area contributed by atoms with Crippen LogP contribution in [-0.2, 0) is 116 Å². The van der Waals surface area contributed by atoms with Crippen LogP contribution in [0.4, 0.5) is 4.79 Å². The summed E-state index contributed by atoms with van der Waals surface area (Å²) in [6.07, 6.45) is -3.04. The molecule has 7 saturated heterocycles. The van der Waals surface area contributed by atoms with Gasteiger partial charge < -0.3 is 113 Å². The molecule has 0 bridgehead atoms. The molecule has 0 radical (unpaired) electrons. The van der Waals surface area contributed by atoms with E-state index in [1.165, 1.54) is 7.11 Å². The lowest BCUT2D eigenvalue weighted by atomic mass is 9.71. The smallest absolute Gasteiger partial charge is 0.408 e. The Hall–Kier alpha value is -5.78. The van der Waals surface area contributed by atoms with E-state index in [4.69, 9.17) is 75.8 Å². The molecule has 1 aromatic carbocycles. The predicted octanol–water partition coefficient (Wildman–Crippen LogP) is 8.61. The maximum absolute atomic E-state index is 17.0. The molecule has 14 aliphatic rings. The van der Waals surface area contributed by atoms with Gasteiger partial charge in [0.15, 0.2) is 40.5 Å². The van der Waals surface area contributed by atoms with Gasteiger partial charge in [0.1, 0.15) is 45.4 Å². The van der Waals surface area contributed by atoms with Crippen LogP contribution in [0.25, 0.3) is 0 Å². The number of carbonyl (C=O) groups excluding carboxylic acids is 8. The number of ether oxygens (including phenoxy) is 16. The number of benzene rings is 1. The minimum absolute atomic E-state index is 0.0126. The topological polar surface area (TPSA) is 368 Å². The number of amides is 7. The lowest BCUT2D eigenvalue weighted by Crippen LogP contribution is -2.75. The molecule has 31 heteroatoms. The van der Waals surface area contributed by atoms with Gasteiger partial charge in [0.2, 0.25) is 35.4 Å². The summed E-state index contributed by atoms with van der Waals surface area (Å²) in [6, 6.07) is 9.16. The second kappa shape index (κ2) is 31.5. The Morgan fingerprint density at radius 3 is 0.598 bits per heavy atom. The number of rotatable bonds is 16. The normalized spacial score (nSPS) is 40.9. The SMILES string of the molecule is COC(=O)C1(NC(=O)C2(NC(=O)C3(NC(=O)C4(NC(=O)C5(NC(=O)C6(NC(=O)C7(NC(=O)OCc8ccccc8)CCC8(CC7)O[C@H](C)[C@@H](C)O8)CCC7(CC6)O[C@H](C)[C@@H](C)O7)CCC6(CC5)O[C@H](C)[C@@H](C)O6)CCC5(CC4)O[C@H](C)[C@@H](C)O5)CCC4(CC3)O[C@H](C)[C@@H](C)O4)CCC3(CC2)O[C@H](C)[C@@H](C)O3)CCC2(CC1)O[C@H](C)[C@@H](C)O2. The Kier molecular flexibility index (Phi) is 23.2. The highest BCUT2D eigenvalue weighted by Gasteiger charge is 2.66. The van der Waals surface area contributed by atoms with Crippen molar-refractivity contribution in [1.82, 2.24) is 37.2 Å². The average Bonchev–Trinajstić information content (AvgIpc) is 1.70. The van der Waals surface area contributed by atoms with Crippen molar-refractivity contribution < 1.29 is 114 Å². The first kappa shape index (κ1) is 86.2. The van der Waals surface area contributed by atoms with Crippen LogP contribution < -0.4 is 37.2 Å². The molecule has 7 heterocycles. The molecule has 14 fully saturated rings. The third kappa shape index (κ3) is 16.2. The van der Waals surface area contributed by atoms with Crippen molar-refractivity contribution in [2.45, 2.75) is 448 Å². The third-order valence-electron chi connectivity index (χ3n) is 30.1. The van der Waals surface area contributed by atoms with Crippen LogP contribution in [0.2, 0.25) is 0 Å². The fourth-order valence-corrected chi connectivity index (χ4v) is 21.3. The van der Waals surface area contributed by atoms with Gasteiger partial charge >= 0.3 is 12.1 Å². The molecule has 7 N–H and O–H groups in total. The van der Waals surface area contributed by atoms with Gasteiger partial charge in [-0.3, -0.25) is 28.8 Å². The third-order valence-corrected chi connectivity index (χ3v) is 30.1. The quantitative estimate of drug-likeness (QED) is 0.0761. The summed E-state index contributed by atoms with van der Waals surface area (Å²) >= 11 is 0. The molecule has 0 unspecified atom stereocenters. The summed E-state index contributed by atoms with van der Waals surface area (Å²) in [7, 11) is 1.28. The zero-order valence-electron chi connectivity index (χ0n) is 71.3. The van der Waals surface area contributed by atoms with Crippen LogP contribution in [-0.4, -0.2) is 219 Å². The molecule has 117 heavy (non-hydrogen) atoms. The summed E-state index contributed by atoms with van der Waals surface area (Å²) in [5.74, 6) is -12.6. The van der Waals surface area contributed by atoms with Crippen molar-refractivity contribution in [3.05, 3.63) is 35.9 Å². The van der Waals surface area contributed by atoms with Crippen LogP contribution >= 0.6 is 0 Å². The number of carbonyl (C=O) groups is 8. The molecule has 31 nitrogen and oxygen atoms in total. The maximum Gasteiger partial charge on any atom is 0.408 e. The summed E-state index contributed by atoms with van der Waals surface area (Å²) in [6.45, 7) is 26.9. The van der Waals surface area contributed by atoms with Gasteiger partial charge in [-0.1, -0.05) is 30.3 Å². The minimum atomic E-state index is -1.89. The first-order valence-electron chi connectivity index (χ1n) is 43.7. The molecule has 0 aromatic heterocycles. The van der Waals surface area contributed by atoms with Crippen molar-refractivity contribution in [1.29, 1.82) is 0 Å². The van der Waals surface area contributed by atoms with Crippen molar-refractivity contribution in [2.24, 2.45) is 0 Å². The molecule has 7 spiro atoms. The van der Waals surface area contributed by atoms with E-state index in [0.717, 1.165) is 5.56 Å². The molecular formula is C86H129N7O24. The zero-order chi connectivity index (χ0) is 83.6. The average molecular weight is 1650 g/mol. The van der Waals surface area contributed by atoms with E-state index in [0.29, 0.717) is 0 Å². The van der Waals surface area contributed by atoms with Gasteiger partial charge in [0.25, 0.3) is 0 Å². The van der Waals surface area contributed by atoms with E-state index in [1.807, 2.05) is 127 Å². The number of alkyl carbamates (subject to hydrolysis) is 1. The van der Waals surface area contributed by atoms with Crippen molar-refractivity contribution in [3.8, 4) is 0 Å². The molecule has 7 saturated carbocycles.